The maximum absolute atomic E-state index is 14.0. The third-order valence-corrected chi connectivity index (χ3v) is 8.58. The number of rotatable bonds is 11. The molecule has 4 aromatic rings. The van der Waals surface area contributed by atoms with Gasteiger partial charge in [0.15, 0.2) is 0 Å². The summed E-state index contributed by atoms with van der Waals surface area (Å²) in [5, 5.41) is 20.1. The Morgan fingerprint density at radius 1 is 1.09 bits per heavy atom. The Morgan fingerprint density at radius 3 is 2.70 bits per heavy atom. The Labute approximate surface area is 252 Å². The summed E-state index contributed by atoms with van der Waals surface area (Å²) in [6, 6.07) is 14.7. The van der Waals surface area contributed by atoms with Gasteiger partial charge in [0, 0.05) is 60.0 Å². The molecule has 0 bridgehead atoms. The maximum Gasteiger partial charge on any atom is 0.419 e. The summed E-state index contributed by atoms with van der Waals surface area (Å²) in [6.07, 6.45) is 1.33. The Bertz CT molecular complexity index is 1600. The number of halogens is 3. The molecule has 1 aliphatic heterocycles. The molecule has 0 radical (unpaired) electrons. The number of aromatic amines is 1. The molecular weight excluding hydrogens is 573 g/mol. The van der Waals surface area contributed by atoms with Crippen LogP contribution >= 0.6 is 0 Å². The number of hydrogen-bond acceptors (Lipinski definition) is 7. The van der Waals surface area contributed by atoms with Crippen molar-refractivity contribution >= 4 is 22.8 Å². The zero-order valence-corrected chi connectivity index (χ0v) is 24.0. The molecule has 1 saturated carbocycles. The second kappa shape index (κ2) is 12.9. The highest BCUT2D eigenvalue weighted by atomic mass is 19.4. The van der Waals surface area contributed by atoms with Crippen molar-refractivity contribution in [2.75, 3.05) is 25.0 Å². The number of aromatic nitrogens is 3. The fraction of sp³-hybridized carbons (Fsp3) is 0.406. The minimum Gasteiger partial charge on any atom is -0.478 e. The molecule has 2 fully saturated rings. The highest BCUT2D eigenvalue weighted by Gasteiger charge is 2.36. The van der Waals surface area contributed by atoms with Gasteiger partial charge in [0.2, 0.25) is 5.95 Å². The highest BCUT2D eigenvalue weighted by molar-refractivity contribution is 5.99. The Balaban J connectivity index is 1.06. The fourth-order valence-corrected chi connectivity index (χ4v) is 6.24. The van der Waals surface area contributed by atoms with Crippen LogP contribution in [0.1, 0.15) is 47.2 Å². The van der Waals surface area contributed by atoms with Crippen LogP contribution in [0.25, 0.3) is 22.2 Å². The minimum absolute atomic E-state index is 0.0216. The molecule has 4 atom stereocenters. The van der Waals surface area contributed by atoms with E-state index in [1.54, 1.807) is 0 Å². The van der Waals surface area contributed by atoms with Crippen molar-refractivity contribution in [1.29, 1.82) is 0 Å². The van der Waals surface area contributed by atoms with Gasteiger partial charge in [0.25, 0.3) is 0 Å². The van der Waals surface area contributed by atoms with E-state index in [1.807, 2.05) is 18.2 Å². The predicted octanol–water partition coefficient (Wildman–Crippen LogP) is 5.46. The van der Waals surface area contributed by atoms with E-state index in [-0.39, 0.29) is 41.0 Å². The van der Waals surface area contributed by atoms with Gasteiger partial charge in [-0.15, -0.1) is 0 Å². The first-order valence-corrected chi connectivity index (χ1v) is 14.9. The van der Waals surface area contributed by atoms with Crippen LogP contribution in [0.2, 0.25) is 0 Å². The first-order valence-electron chi connectivity index (χ1n) is 14.9. The zero-order chi connectivity index (χ0) is 30.7. The van der Waals surface area contributed by atoms with Crippen LogP contribution in [-0.4, -0.2) is 63.8 Å². The van der Waals surface area contributed by atoms with Gasteiger partial charge >= 0.3 is 12.1 Å². The number of carboxylic acid groups (broad SMARTS) is 1. The number of H-pyrrole nitrogens is 1. The number of carbonyl (C=O) groups is 1. The van der Waals surface area contributed by atoms with E-state index in [0.29, 0.717) is 23.4 Å². The lowest BCUT2D eigenvalue weighted by atomic mass is 10.0. The van der Waals surface area contributed by atoms with Gasteiger partial charge in [-0.05, 0) is 49.9 Å². The smallest absolute Gasteiger partial charge is 0.419 e. The van der Waals surface area contributed by atoms with E-state index >= 15 is 0 Å². The summed E-state index contributed by atoms with van der Waals surface area (Å²) >= 11 is 0. The van der Waals surface area contributed by atoms with E-state index in [1.165, 1.54) is 30.0 Å². The quantitative estimate of drug-likeness (QED) is 0.152. The Hall–Kier alpha value is -4.00. The summed E-state index contributed by atoms with van der Waals surface area (Å²) in [5.74, 6) is -0.559. The summed E-state index contributed by atoms with van der Waals surface area (Å²) < 4.78 is 48.1. The molecular formula is C32H35F3N6O3. The van der Waals surface area contributed by atoms with Gasteiger partial charge in [-0.3, -0.25) is 0 Å². The molecule has 44 heavy (non-hydrogen) atoms. The van der Waals surface area contributed by atoms with Gasteiger partial charge in [-0.25, -0.2) is 14.8 Å². The lowest BCUT2D eigenvalue weighted by molar-refractivity contribution is -0.137. The number of aromatic carboxylic acids is 1. The van der Waals surface area contributed by atoms with Crippen LogP contribution in [0.3, 0.4) is 0 Å². The van der Waals surface area contributed by atoms with Crippen molar-refractivity contribution in [3.05, 3.63) is 77.6 Å². The number of alkyl halides is 3. The Morgan fingerprint density at radius 2 is 1.91 bits per heavy atom. The molecule has 5 N–H and O–H groups in total. The number of fused-ring (bicyclic) bond motifs is 1. The molecule has 12 heteroatoms. The largest absolute Gasteiger partial charge is 0.478 e. The van der Waals surface area contributed by atoms with E-state index in [9.17, 15) is 23.1 Å². The van der Waals surface area contributed by atoms with Crippen LogP contribution < -0.4 is 16.0 Å². The molecule has 0 amide bonds. The molecule has 232 valence electrons. The third-order valence-electron chi connectivity index (χ3n) is 8.58. The van der Waals surface area contributed by atoms with E-state index in [2.05, 4.69) is 43.0 Å². The number of nitrogens with zero attached hydrogens (tertiary/aromatic N) is 2. The second-order valence-corrected chi connectivity index (χ2v) is 11.6. The lowest BCUT2D eigenvalue weighted by Crippen LogP contribution is -2.32. The topological polar surface area (TPSA) is 124 Å². The van der Waals surface area contributed by atoms with Crippen molar-refractivity contribution in [2.45, 2.75) is 56.7 Å². The lowest BCUT2D eigenvalue weighted by Gasteiger charge is -2.21. The summed E-state index contributed by atoms with van der Waals surface area (Å²) in [5.41, 5.74) is 0.630. The van der Waals surface area contributed by atoms with E-state index in [0.717, 1.165) is 51.5 Å². The number of ether oxygens (including phenoxy) is 1. The van der Waals surface area contributed by atoms with Crippen molar-refractivity contribution in [3.8, 4) is 11.3 Å². The Kier molecular flexibility index (Phi) is 8.83. The molecule has 6 rings (SSSR count). The molecule has 2 aromatic heterocycles. The van der Waals surface area contributed by atoms with Crippen LogP contribution in [-0.2, 0) is 17.5 Å². The van der Waals surface area contributed by atoms with Gasteiger partial charge in [0.05, 0.1) is 24.0 Å². The van der Waals surface area contributed by atoms with Crippen LogP contribution in [0.4, 0.5) is 19.1 Å². The summed E-state index contributed by atoms with van der Waals surface area (Å²) in [4.78, 5) is 22.6. The molecule has 0 spiro atoms. The predicted molar refractivity (Wildman–Crippen MR) is 160 cm³/mol. The molecule has 1 saturated heterocycles. The summed E-state index contributed by atoms with van der Waals surface area (Å²) in [6.45, 7) is 3.25. The second-order valence-electron chi connectivity index (χ2n) is 11.6. The average Bonchev–Trinajstić information content (AvgIpc) is 3.76. The molecule has 1 unspecified atom stereocenters. The van der Waals surface area contributed by atoms with Crippen LogP contribution in [0, 0.1) is 5.92 Å². The third kappa shape index (κ3) is 6.87. The number of carboxylic acids is 1. The molecule has 3 heterocycles. The van der Waals surface area contributed by atoms with Crippen LogP contribution in [0.5, 0.6) is 0 Å². The highest BCUT2D eigenvalue weighted by Crippen LogP contribution is 2.39. The molecule has 1 aliphatic carbocycles. The van der Waals surface area contributed by atoms with Crippen molar-refractivity contribution in [3.63, 3.8) is 0 Å². The van der Waals surface area contributed by atoms with Gasteiger partial charge in [-0.2, -0.15) is 13.2 Å². The zero-order valence-electron chi connectivity index (χ0n) is 24.0. The van der Waals surface area contributed by atoms with Crippen LogP contribution in [0.15, 0.2) is 60.9 Å². The number of anilines is 1. The van der Waals surface area contributed by atoms with Gasteiger partial charge in [0.1, 0.15) is 5.56 Å². The minimum atomic E-state index is -4.67. The molecule has 2 aliphatic rings. The number of nitrogens with one attached hydrogen (secondary N) is 4. The first-order chi connectivity index (χ1) is 21.2. The van der Waals surface area contributed by atoms with E-state index in [4.69, 9.17) is 4.74 Å². The SMILES string of the molecule is O=C(O)c1ccc2c(-c3nc(NC4CC[C@H](NCC[C@H]5CNC[C@@H]5OCc5ccccc5)C4)ncc3C(F)(F)F)c[nH]c2c1. The number of hydrogen-bond donors (Lipinski definition) is 5. The van der Waals surface area contributed by atoms with Gasteiger partial charge < -0.3 is 30.8 Å². The molecule has 9 nitrogen and oxygen atoms in total. The van der Waals surface area contributed by atoms with Crippen molar-refractivity contribution in [2.24, 2.45) is 5.92 Å². The van der Waals surface area contributed by atoms with Gasteiger partial charge in [-0.1, -0.05) is 36.4 Å². The summed E-state index contributed by atoms with van der Waals surface area (Å²) in [7, 11) is 0. The maximum atomic E-state index is 14.0. The monoisotopic (exact) mass is 608 g/mol. The normalized spacial score (nSPS) is 22.1. The fourth-order valence-electron chi connectivity index (χ4n) is 6.24. The standard InChI is InChI=1S/C32H35F3N6O3/c33-32(34,35)26-16-39-31(41-29(26)25-15-38-27-12-20(30(42)43)6-9-24(25)27)40-23-8-7-22(13-23)37-11-10-21-14-36-17-28(21)44-18-19-4-2-1-3-5-19/h1-6,9,12,15-16,21-23,28,36-38H,7-8,10-11,13-14,17-18H2,(H,42,43)(H,39,40,41)/t21-,22-,23?,28-/m0/s1. The van der Waals surface area contributed by atoms with E-state index < -0.39 is 17.7 Å². The first kappa shape index (κ1) is 30.0. The number of benzene rings is 2. The average molecular weight is 609 g/mol. The van der Waals surface area contributed by atoms with Crippen molar-refractivity contribution < 1.29 is 27.8 Å². The molecule has 2 aromatic carbocycles. The van der Waals surface area contributed by atoms with Crippen molar-refractivity contribution in [1.82, 2.24) is 25.6 Å².